The lowest BCUT2D eigenvalue weighted by Crippen LogP contribution is -2.30. The third-order valence-corrected chi connectivity index (χ3v) is 7.92. The van der Waals surface area contributed by atoms with E-state index in [1.807, 2.05) is 6.08 Å². The minimum atomic E-state index is -4.71. The molecule has 0 bridgehead atoms. The van der Waals surface area contributed by atoms with Crippen LogP contribution in [-0.2, 0) is 12.5 Å². The van der Waals surface area contributed by atoms with Crippen molar-refractivity contribution >= 4 is 0 Å². The number of nitrogens with zero attached hydrogens (tertiary/aromatic N) is 1. The number of hydrogen-bond acceptors (Lipinski definition) is 3. The number of rotatable bonds is 6. The van der Waals surface area contributed by atoms with E-state index in [2.05, 4.69) is 11.3 Å². The van der Waals surface area contributed by atoms with E-state index >= 15 is 4.39 Å². The summed E-state index contributed by atoms with van der Waals surface area (Å²) in [4.78, 5) is 0. The molecule has 1 saturated carbocycles. The van der Waals surface area contributed by atoms with Crippen molar-refractivity contribution in [3.63, 3.8) is 0 Å². The second kappa shape index (κ2) is 11.1. The highest BCUT2D eigenvalue weighted by atomic mass is 19.3. The number of benzene rings is 3. The van der Waals surface area contributed by atoms with Crippen LogP contribution in [0.15, 0.2) is 49.1 Å². The topological polar surface area (TPSA) is 42.2 Å². The molecule has 5 rings (SSSR count). The number of alkyl halides is 2. The van der Waals surface area contributed by atoms with Gasteiger partial charge in [0.2, 0.25) is 0 Å². The first-order valence-electron chi connectivity index (χ1n) is 13.0. The summed E-state index contributed by atoms with van der Waals surface area (Å²) in [6, 6.07) is 5.36. The van der Waals surface area contributed by atoms with Crippen molar-refractivity contribution in [1.29, 1.82) is 5.26 Å². The lowest BCUT2D eigenvalue weighted by Gasteiger charge is -2.35. The molecule has 214 valence electrons. The molecule has 10 heteroatoms. The Kier molecular flexibility index (Phi) is 7.73. The Morgan fingerprint density at radius 1 is 0.854 bits per heavy atom. The van der Waals surface area contributed by atoms with Crippen LogP contribution in [0.4, 0.5) is 30.7 Å². The van der Waals surface area contributed by atoms with Crippen LogP contribution >= 0.6 is 0 Å². The van der Waals surface area contributed by atoms with Crippen molar-refractivity contribution in [2.24, 2.45) is 17.8 Å². The highest BCUT2D eigenvalue weighted by Gasteiger charge is 2.42. The van der Waals surface area contributed by atoms with Crippen LogP contribution in [-0.4, -0.2) is 6.61 Å². The fraction of sp³-hybridized carbons (Fsp3) is 0.323. The van der Waals surface area contributed by atoms with Gasteiger partial charge in [-0.1, -0.05) is 6.08 Å². The van der Waals surface area contributed by atoms with E-state index in [1.165, 1.54) is 18.2 Å². The smallest absolute Gasteiger partial charge is 0.432 e. The normalized spacial score (nSPS) is 20.5. The van der Waals surface area contributed by atoms with Gasteiger partial charge < -0.3 is 9.47 Å². The number of ether oxygens (including phenoxy) is 2. The summed E-state index contributed by atoms with van der Waals surface area (Å²) >= 11 is 0. The zero-order valence-corrected chi connectivity index (χ0v) is 21.6. The first-order chi connectivity index (χ1) is 19.5. The summed E-state index contributed by atoms with van der Waals surface area (Å²) in [5.74, 6) is -6.95. The van der Waals surface area contributed by atoms with Crippen molar-refractivity contribution in [2.75, 3.05) is 6.61 Å². The first-order valence-corrected chi connectivity index (χ1v) is 13.0. The first kappa shape index (κ1) is 28.5. The molecule has 1 fully saturated rings. The molecule has 0 N–H and O–H groups in total. The maximum absolute atomic E-state index is 15.2. The Hall–Kier alpha value is -4.00. The van der Waals surface area contributed by atoms with Crippen molar-refractivity contribution in [3.8, 4) is 28.7 Å². The molecule has 1 heterocycles. The van der Waals surface area contributed by atoms with Crippen molar-refractivity contribution < 1.29 is 40.2 Å². The van der Waals surface area contributed by atoms with Gasteiger partial charge in [-0.2, -0.15) is 14.0 Å². The average Bonchev–Trinajstić information content (AvgIpc) is 2.91. The van der Waals surface area contributed by atoms with Crippen LogP contribution < -0.4 is 9.47 Å². The van der Waals surface area contributed by atoms with E-state index in [9.17, 15) is 26.3 Å². The van der Waals surface area contributed by atoms with Crippen LogP contribution in [0, 0.1) is 58.2 Å². The number of hydrogen-bond donors (Lipinski definition) is 0. The van der Waals surface area contributed by atoms with E-state index in [4.69, 9.17) is 10.00 Å². The minimum absolute atomic E-state index is 0.202. The van der Waals surface area contributed by atoms with Crippen LogP contribution in [0.5, 0.6) is 11.5 Å². The third-order valence-electron chi connectivity index (χ3n) is 7.92. The van der Waals surface area contributed by atoms with Gasteiger partial charge in [0.15, 0.2) is 0 Å². The van der Waals surface area contributed by atoms with Gasteiger partial charge >= 0.3 is 6.11 Å². The Labute approximate surface area is 231 Å². The minimum Gasteiger partial charge on any atom is -0.493 e. The van der Waals surface area contributed by atoms with Crippen LogP contribution in [0.25, 0.3) is 11.1 Å². The van der Waals surface area contributed by atoms with Crippen molar-refractivity contribution in [3.05, 3.63) is 94.8 Å². The van der Waals surface area contributed by atoms with E-state index in [-0.39, 0.29) is 17.0 Å². The summed E-state index contributed by atoms with van der Waals surface area (Å²) in [7, 11) is 0. The predicted octanol–water partition coefficient (Wildman–Crippen LogP) is 8.59. The molecule has 41 heavy (non-hydrogen) atoms. The molecule has 3 aromatic rings. The Bertz CT molecular complexity index is 1490. The number of allylic oxidation sites excluding steroid dienone is 1. The van der Waals surface area contributed by atoms with Gasteiger partial charge in [-0.3, -0.25) is 0 Å². The zero-order chi connectivity index (χ0) is 29.5. The van der Waals surface area contributed by atoms with Gasteiger partial charge in [-0.15, -0.1) is 6.58 Å². The molecule has 0 spiro atoms. The molecular formula is C31H24F7NO2. The van der Waals surface area contributed by atoms with Crippen molar-refractivity contribution in [2.45, 2.75) is 38.2 Å². The number of nitriles is 1. The SMILES string of the molecule is C=CC1CCC([C@@H]2COc3cc(-c4cc(F)c(C(F)(F)Oc5cc(F)c(C#N)c(F)c5)c(F)c4)c(F)cc3C2)CC1. The number of fused-ring (bicyclic) bond motifs is 1. The lowest BCUT2D eigenvalue weighted by molar-refractivity contribution is -0.189. The van der Waals surface area contributed by atoms with Gasteiger partial charge in [0.05, 0.1) is 6.61 Å². The zero-order valence-electron chi connectivity index (χ0n) is 21.6. The number of halogens is 7. The molecule has 1 aliphatic carbocycles. The summed E-state index contributed by atoms with van der Waals surface area (Å²) in [6.45, 7) is 4.27. The van der Waals surface area contributed by atoms with Gasteiger partial charge in [-0.25, -0.2) is 22.0 Å². The van der Waals surface area contributed by atoms with Gasteiger partial charge in [0.1, 0.15) is 57.8 Å². The lowest BCUT2D eigenvalue weighted by atomic mass is 9.73. The molecule has 0 amide bonds. The Morgan fingerprint density at radius 3 is 2.07 bits per heavy atom. The third kappa shape index (κ3) is 5.63. The van der Waals surface area contributed by atoms with E-state index in [0.717, 1.165) is 25.7 Å². The molecule has 3 aromatic carbocycles. The molecule has 1 aliphatic heterocycles. The Morgan fingerprint density at radius 2 is 1.49 bits per heavy atom. The average molecular weight is 576 g/mol. The molecular weight excluding hydrogens is 551 g/mol. The van der Waals surface area contributed by atoms with Crippen molar-refractivity contribution in [1.82, 2.24) is 0 Å². The highest BCUT2D eigenvalue weighted by molar-refractivity contribution is 5.68. The van der Waals surface area contributed by atoms with E-state index in [0.29, 0.717) is 60.4 Å². The molecule has 0 radical (unpaired) electrons. The van der Waals surface area contributed by atoms with Gasteiger partial charge in [0, 0.05) is 17.7 Å². The molecule has 2 aliphatic rings. The summed E-state index contributed by atoms with van der Waals surface area (Å²) in [5, 5.41) is 8.70. The van der Waals surface area contributed by atoms with E-state index < -0.39 is 52.1 Å². The van der Waals surface area contributed by atoms with E-state index in [1.54, 1.807) is 0 Å². The molecule has 0 unspecified atom stereocenters. The highest BCUT2D eigenvalue weighted by Crippen LogP contribution is 2.42. The summed E-state index contributed by atoms with van der Waals surface area (Å²) in [5.41, 5.74) is -2.87. The largest absolute Gasteiger partial charge is 0.493 e. The van der Waals surface area contributed by atoms with Gasteiger partial charge in [-0.05, 0) is 85.3 Å². The van der Waals surface area contributed by atoms with Gasteiger partial charge in [0.25, 0.3) is 0 Å². The van der Waals surface area contributed by atoms with Crippen LogP contribution in [0.3, 0.4) is 0 Å². The monoisotopic (exact) mass is 575 g/mol. The van der Waals surface area contributed by atoms with Crippen LogP contribution in [0.2, 0.25) is 0 Å². The predicted molar refractivity (Wildman–Crippen MR) is 136 cm³/mol. The molecule has 0 saturated heterocycles. The fourth-order valence-corrected chi connectivity index (χ4v) is 5.72. The summed E-state index contributed by atoms with van der Waals surface area (Å²) < 4.78 is 112. The molecule has 0 aromatic heterocycles. The van der Waals surface area contributed by atoms with Crippen LogP contribution in [0.1, 0.15) is 42.4 Å². The maximum Gasteiger partial charge on any atom is 0.432 e. The maximum atomic E-state index is 15.2. The second-order valence-electron chi connectivity index (χ2n) is 10.4. The quantitative estimate of drug-likeness (QED) is 0.218. The molecule has 1 atom stereocenters. The Balaban J connectivity index is 1.38. The second-order valence-corrected chi connectivity index (χ2v) is 10.4. The standard InChI is InChI=1S/C31H24F7NO2/c1-2-16-3-5-17(6-4-16)20-7-19-10-24(32)22(13-29(19)40-15-20)18-8-27(35)30(28(36)9-18)31(37,38)41-21-11-25(33)23(14-39)26(34)12-21/h2,8-13,16-17,20H,1,3-7,15H2/t16?,17?,20-/m0/s1. The summed E-state index contributed by atoms with van der Waals surface area (Å²) in [6.07, 6.45) is 1.98. The molecule has 3 nitrogen and oxygen atoms in total. The fourth-order valence-electron chi connectivity index (χ4n) is 5.72.